The van der Waals surface area contributed by atoms with Gasteiger partial charge in [0.1, 0.15) is 0 Å². The van der Waals surface area contributed by atoms with E-state index in [0.717, 1.165) is 6.54 Å². The SMILES string of the molecule is CCNC(=NCc1ccc(C)s1)NCCS(=O)(=O)N1CC(C)OC(C)C1.I. The minimum Gasteiger partial charge on any atom is -0.373 e. The molecule has 2 N–H and O–H groups in total. The number of hydrogen-bond donors (Lipinski definition) is 2. The molecular weight excluding hydrogens is 499 g/mol. The molecule has 0 bridgehead atoms. The van der Waals surface area contributed by atoms with Crippen molar-refractivity contribution in [2.45, 2.75) is 46.4 Å². The Morgan fingerprint density at radius 2 is 1.96 bits per heavy atom. The van der Waals surface area contributed by atoms with Crippen molar-refractivity contribution in [3.8, 4) is 0 Å². The van der Waals surface area contributed by atoms with Crippen LogP contribution in [0.15, 0.2) is 17.1 Å². The van der Waals surface area contributed by atoms with E-state index in [4.69, 9.17) is 4.74 Å². The predicted octanol–water partition coefficient (Wildman–Crippen LogP) is 2.17. The van der Waals surface area contributed by atoms with E-state index in [-0.39, 0.29) is 41.9 Å². The number of aliphatic imine (C=N–C) groups is 1. The minimum absolute atomic E-state index is 0. The van der Waals surface area contributed by atoms with Gasteiger partial charge in [0.15, 0.2) is 5.96 Å². The lowest BCUT2D eigenvalue weighted by molar-refractivity contribution is -0.0440. The number of sulfonamides is 1. The first-order valence-electron chi connectivity index (χ1n) is 9.01. The number of rotatable bonds is 7. The van der Waals surface area contributed by atoms with Crippen LogP contribution in [-0.4, -0.2) is 62.8 Å². The van der Waals surface area contributed by atoms with Crippen LogP contribution in [0.4, 0.5) is 0 Å². The number of thiophene rings is 1. The molecule has 2 rings (SSSR count). The number of morpholine rings is 1. The van der Waals surface area contributed by atoms with Gasteiger partial charge in [0.05, 0.1) is 24.5 Å². The first kappa shape index (κ1) is 24.6. The molecule has 1 saturated heterocycles. The zero-order valence-corrected chi connectivity index (χ0v) is 20.4. The second-order valence-corrected chi connectivity index (χ2v) is 9.99. The third-order valence-corrected chi connectivity index (χ3v) is 6.76. The first-order chi connectivity index (χ1) is 12.3. The smallest absolute Gasteiger partial charge is 0.216 e. The number of aryl methyl sites for hydroxylation is 1. The van der Waals surface area contributed by atoms with E-state index in [0.29, 0.717) is 32.1 Å². The molecule has 0 amide bonds. The number of halogens is 1. The summed E-state index contributed by atoms with van der Waals surface area (Å²) in [5.74, 6) is 0.673. The molecule has 0 spiro atoms. The highest BCUT2D eigenvalue weighted by Gasteiger charge is 2.30. The largest absolute Gasteiger partial charge is 0.373 e. The maximum Gasteiger partial charge on any atom is 0.216 e. The molecule has 1 aromatic heterocycles. The first-order valence-corrected chi connectivity index (χ1v) is 11.4. The molecule has 0 aliphatic carbocycles. The second kappa shape index (κ2) is 11.5. The molecular formula is C17H31IN4O3S2. The van der Waals surface area contributed by atoms with Crippen LogP contribution in [-0.2, 0) is 21.3 Å². The Balaban J connectivity index is 0.00000364. The Bertz CT molecular complexity index is 699. The molecule has 0 aromatic carbocycles. The Morgan fingerprint density at radius 3 is 2.52 bits per heavy atom. The highest BCUT2D eigenvalue weighted by Crippen LogP contribution is 2.16. The highest BCUT2D eigenvalue weighted by molar-refractivity contribution is 14.0. The quantitative estimate of drug-likeness (QED) is 0.321. The Kier molecular flexibility index (Phi) is 10.5. The second-order valence-electron chi connectivity index (χ2n) is 6.52. The topological polar surface area (TPSA) is 83.0 Å². The lowest BCUT2D eigenvalue weighted by Gasteiger charge is -2.34. The number of nitrogens with zero attached hydrogens (tertiary/aromatic N) is 2. The molecule has 27 heavy (non-hydrogen) atoms. The molecule has 10 heteroatoms. The van der Waals surface area contributed by atoms with E-state index >= 15 is 0 Å². The van der Waals surface area contributed by atoms with Gasteiger partial charge in [-0.15, -0.1) is 35.3 Å². The van der Waals surface area contributed by atoms with Gasteiger partial charge in [-0.25, -0.2) is 13.4 Å². The average Bonchev–Trinajstić information content (AvgIpc) is 2.97. The van der Waals surface area contributed by atoms with E-state index in [9.17, 15) is 8.42 Å². The molecule has 7 nitrogen and oxygen atoms in total. The molecule has 1 aromatic rings. The van der Waals surface area contributed by atoms with Gasteiger partial charge in [-0.3, -0.25) is 0 Å². The zero-order chi connectivity index (χ0) is 19.2. The summed E-state index contributed by atoms with van der Waals surface area (Å²) < 4.78 is 32.3. The fourth-order valence-corrected chi connectivity index (χ4v) is 5.16. The van der Waals surface area contributed by atoms with Gasteiger partial charge >= 0.3 is 0 Å². The highest BCUT2D eigenvalue weighted by atomic mass is 127. The minimum atomic E-state index is -3.31. The summed E-state index contributed by atoms with van der Waals surface area (Å²) >= 11 is 1.72. The third kappa shape index (κ3) is 8.22. The van der Waals surface area contributed by atoms with Crippen molar-refractivity contribution < 1.29 is 13.2 Å². The van der Waals surface area contributed by atoms with Crippen LogP contribution in [0.5, 0.6) is 0 Å². The van der Waals surface area contributed by atoms with Crippen molar-refractivity contribution in [2.24, 2.45) is 4.99 Å². The molecule has 0 radical (unpaired) electrons. The average molecular weight is 530 g/mol. The van der Waals surface area contributed by atoms with Crippen LogP contribution in [0.3, 0.4) is 0 Å². The summed E-state index contributed by atoms with van der Waals surface area (Å²) in [5, 5.41) is 6.28. The van der Waals surface area contributed by atoms with Crippen LogP contribution in [0.2, 0.25) is 0 Å². The number of nitrogens with one attached hydrogen (secondary N) is 2. The standard InChI is InChI=1S/C17H30N4O3S2.HI/c1-5-18-17(20-10-16-7-6-15(4)25-16)19-8-9-26(22,23)21-11-13(2)24-14(3)12-21;/h6-7,13-14H,5,8-12H2,1-4H3,(H2,18,19,20);1H. The maximum absolute atomic E-state index is 12.6. The van der Waals surface area contributed by atoms with Crippen LogP contribution in [0.1, 0.15) is 30.5 Å². The van der Waals surface area contributed by atoms with Crippen molar-refractivity contribution in [1.82, 2.24) is 14.9 Å². The third-order valence-electron chi connectivity index (χ3n) is 3.97. The van der Waals surface area contributed by atoms with Crippen LogP contribution in [0, 0.1) is 6.92 Å². The molecule has 1 aliphatic heterocycles. The van der Waals surface area contributed by atoms with Gasteiger partial charge in [0.2, 0.25) is 10.0 Å². The summed E-state index contributed by atoms with van der Waals surface area (Å²) in [6, 6.07) is 4.14. The summed E-state index contributed by atoms with van der Waals surface area (Å²) in [4.78, 5) is 6.97. The van der Waals surface area contributed by atoms with E-state index in [2.05, 4.69) is 34.7 Å². The van der Waals surface area contributed by atoms with Crippen molar-refractivity contribution in [3.63, 3.8) is 0 Å². The van der Waals surface area contributed by atoms with Crippen LogP contribution < -0.4 is 10.6 Å². The van der Waals surface area contributed by atoms with Gasteiger partial charge in [0.25, 0.3) is 0 Å². The van der Waals surface area contributed by atoms with Gasteiger partial charge in [-0.1, -0.05) is 0 Å². The summed E-state index contributed by atoms with van der Waals surface area (Å²) in [5.41, 5.74) is 0. The normalized spacial score (nSPS) is 21.6. The van der Waals surface area contributed by atoms with Crippen LogP contribution in [0.25, 0.3) is 0 Å². The van der Waals surface area contributed by atoms with E-state index < -0.39 is 10.0 Å². The molecule has 0 saturated carbocycles. The Hall–Kier alpha value is -0.430. The van der Waals surface area contributed by atoms with Crippen molar-refractivity contribution in [1.29, 1.82) is 0 Å². The number of guanidine groups is 1. The number of ether oxygens (including phenoxy) is 1. The molecule has 156 valence electrons. The Morgan fingerprint density at radius 1 is 1.30 bits per heavy atom. The van der Waals surface area contributed by atoms with Gasteiger partial charge in [0, 0.05) is 35.9 Å². The zero-order valence-electron chi connectivity index (χ0n) is 16.4. The molecule has 1 aliphatic rings. The molecule has 2 heterocycles. The van der Waals surface area contributed by atoms with E-state index in [1.165, 1.54) is 14.1 Å². The summed E-state index contributed by atoms with van der Waals surface area (Å²) in [7, 11) is -3.31. The maximum atomic E-state index is 12.6. The van der Waals surface area contributed by atoms with Crippen molar-refractivity contribution in [3.05, 3.63) is 21.9 Å². The molecule has 2 atom stereocenters. The predicted molar refractivity (Wildman–Crippen MR) is 123 cm³/mol. The summed E-state index contributed by atoms with van der Waals surface area (Å²) in [6.45, 7) is 10.3. The monoisotopic (exact) mass is 530 g/mol. The fraction of sp³-hybridized carbons (Fsp3) is 0.706. The molecule has 2 unspecified atom stereocenters. The lowest BCUT2D eigenvalue weighted by atomic mass is 10.3. The van der Waals surface area contributed by atoms with Gasteiger partial charge in [-0.05, 0) is 39.8 Å². The fourth-order valence-electron chi connectivity index (χ4n) is 2.85. The summed E-state index contributed by atoms with van der Waals surface area (Å²) in [6.07, 6.45) is -0.149. The lowest BCUT2D eigenvalue weighted by Crippen LogP contribution is -2.50. The van der Waals surface area contributed by atoms with Crippen molar-refractivity contribution >= 4 is 51.3 Å². The van der Waals surface area contributed by atoms with Crippen molar-refractivity contribution in [2.75, 3.05) is 31.9 Å². The van der Waals surface area contributed by atoms with Gasteiger partial charge in [-0.2, -0.15) is 4.31 Å². The van der Waals surface area contributed by atoms with Gasteiger partial charge < -0.3 is 15.4 Å². The van der Waals surface area contributed by atoms with E-state index in [1.807, 2.05) is 20.8 Å². The Labute approximate surface area is 184 Å². The van der Waals surface area contributed by atoms with E-state index in [1.54, 1.807) is 11.3 Å². The number of hydrogen-bond acceptors (Lipinski definition) is 5. The van der Waals surface area contributed by atoms with Crippen LogP contribution >= 0.6 is 35.3 Å². The molecule has 1 fully saturated rings.